The number of rotatable bonds is 9. The van der Waals surface area contributed by atoms with Gasteiger partial charge < -0.3 is 20.3 Å². The van der Waals surface area contributed by atoms with Crippen molar-refractivity contribution in [2.24, 2.45) is 0 Å². The minimum Gasteiger partial charge on any atom is -0.493 e. The van der Waals surface area contributed by atoms with Gasteiger partial charge >= 0.3 is 0 Å². The van der Waals surface area contributed by atoms with Crippen LogP contribution in [0.15, 0.2) is 24.3 Å². The lowest BCUT2D eigenvalue weighted by molar-refractivity contribution is 0.142. The second-order valence-corrected chi connectivity index (χ2v) is 5.82. The van der Waals surface area contributed by atoms with Crippen LogP contribution in [-0.2, 0) is 6.42 Å². The average Bonchev–Trinajstić information content (AvgIpc) is 3.25. The fraction of sp³-hybridized carbons (Fsp3) is 0.625. The maximum absolute atomic E-state index is 9.55. The molecule has 0 saturated heterocycles. The van der Waals surface area contributed by atoms with Crippen LogP contribution in [0.2, 0.25) is 0 Å². The Bertz CT molecular complexity index is 420. The molecule has 0 heterocycles. The molecule has 0 aliphatic heterocycles. The van der Waals surface area contributed by atoms with Crippen molar-refractivity contribution in [2.45, 2.75) is 44.2 Å². The summed E-state index contributed by atoms with van der Waals surface area (Å²) in [4.78, 5) is 0. The number of nitrogens with one attached hydrogen (secondary N) is 1. The first-order valence-corrected chi connectivity index (χ1v) is 7.37. The third kappa shape index (κ3) is 4.47. The number of para-hydroxylation sites is 1. The molecule has 0 bridgehead atoms. The Hall–Kier alpha value is -1.10. The molecule has 4 nitrogen and oxygen atoms in total. The van der Waals surface area contributed by atoms with Gasteiger partial charge in [-0.1, -0.05) is 18.2 Å². The molecule has 112 valence electrons. The van der Waals surface area contributed by atoms with Gasteiger partial charge in [0, 0.05) is 24.6 Å². The largest absolute Gasteiger partial charge is 0.493 e. The lowest BCUT2D eigenvalue weighted by Crippen LogP contribution is -2.48. The third-order valence-electron chi connectivity index (χ3n) is 3.74. The minimum absolute atomic E-state index is 0.116. The zero-order valence-corrected chi connectivity index (χ0v) is 12.1. The normalized spacial score (nSPS) is 17.8. The third-order valence-corrected chi connectivity index (χ3v) is 3.74. The summed E-state index contributed by atoms with van der Waals surface area (Å²) in [5, 5.41) is 22.1. The molecule has 0 amide bonds. The van der Waals surface area contributed by atoms with Crippen molar-refractivity contribution in [3.05, 3.63) is 29.8 Å². The van der Waals surface area contributed by atoms with Gasteiger partial charge in [-0.2, -0.15) is 0 Å². The first kappa shape index (κ1) is 15.3. The Morgan fingerprint density at radius 1 is 1.30 bits per heavy atom. The van der Waals surface area contributed by atoms with Crippen LogP contribution in [0.5, 0.6) is 5.75 Å². The lowest BCUT2D eigenvalue weighted by atomic mass is 9.99. The van der Waals surface area contributed by atoms with E-state index in [-0.39, 0.29) is 18.8 Å². The molecule has 1 aromatic carbocycles. The summed E-state index contributed by atoms with van der Waals surface area (Å²) < 4.78 is 5.83. The Morgan fingerprint density at radius 2 is 2.05 bits per heavy atom. The molecular weight excluding hydrogens is 254 g/mol. The van der Waals surface area contributed by atoms with Gasteiger partial charge in [-0.3, -0.25) is 0 Å². The maximum atomic E-state index is 9.55. The SMILES string of the molecule is CC(CO)(CCOc1ccccc1CCO)NC1CC1. The van der Waals surface area contributed by atoms with Crippen LogP contribution in [0.4, 0.5) is 0 Å². The van der Waals surface area contributed by atoms with Gasteiger partial charge in [-0.05, 0) is 37.8 Å². The molecule has 1 unspecified atom stereocenters. The van der Waals surface area contributed by atoms with Gasteiger partial charge in [0.05, 0.1) is 13.2 Å². The minimum atomic E-state index is -0.271. The molecule has 0 radical (unpaired) electrons. The summed E-state index contributed by atoms with van der Waals surface area (Å²) in [6.07, 6.45) is 3.77. The molecule has 1 saturated carbocycles. The predicted octanol–water partition coefficient (Wildman–Crippen LogP) is 1.49. The number of benzene rings is 1. The van der Waals surface area contributed by atoms with Gasteiger partial charge in [-0.25, -0.2) is 0 Å². The molecular formula is C16H25NO3. The van der Waals surface area contributed by atoms with Crippen LogP contribution >= 0.6 is 0 Å². The summed E-state index contributed by atoms with van der Waals surface area (Å²) in [6.45, 7) is 2.83. The molecule has 2 rings (SSSR count). The zero-order chi connectivity index (χ0) is 14.4. The van der Waals surface area contributed by atoms with E-state index in [0.717, 1.165) is 17.7 Å². The van der Waals surface area contributed by atoms with Crippen molar-refractivity contribution in [1.29, 1.82) is 0 Å². The van der Waals surface area contributed by atoms with Crippen molar-refractivity contribution in [1.82, 2.24) is 5.32 Å². The summed E-state index contributed by atoms with van der Waals surface area (Å²) in [6, 6.07) is 8.34. The molecule has 0 spiro atoms. The molecule has 1 aliphatic rings. The summed E-state index contributed by atoms with van der Waals surface area (Å²) in [5.41, 5.74) is 0.753. The molecule has 1 aliphatic carbocycles. The first-order valence-electron chi connectivity index (χ1n) is 7.37. The summed E-state index contributed by atoms with van der Waals surface area (Å²) in [7, 11) is 0. The first-order chi connectivity index (χ1) is 9.67. The van der Waals surface area contributed by atoms with Crippen LogP contribution < -0.4 is 10.1 Å². The average molecular weight is 279 g/mol. The molecule has 1 fully saturated rings. The Morgan fingerprint density at radius 3 is 2.70 bits per heavy atom. The van der Waals surface area contributed by atoms with E-state index in [9.17, 15) is 5.11 Å². The van der Waals surface area contributed by atoms with E-state index in [0.29, 0.717) is 19.1 Å². The maximum Gasteiger partial charge on any atom is 0.122 e. The van der Waals surface area contributed by atoms with Crippen LogP contribution in [0.3, 0.4) is 0 Å². The van der Waals surface area contributed by atoms with E-state index in [1.165, 1.54) is 12.8 Å². The second kappa shape index (κ2) is 7.07. The van der Waals surface area contributed by atoms with Crippen molar-refractivity contribution in [2.75, 3.05) is 19.8 Å². The van der Waals surface area contributed by atoms with E-state index >= 15 is 0 Å². The van der Waals surface area contributed by atoms with Crippen molar-refractivity contribution >= 4 is 0 Å². The van der Waals surface area contributed by atoms with E-state index < -0.39 is 0 Å². The van der Waals surface area contributed by atoms with Gasteiger partial charge in [0.15, 0.2) is 0 Å². The van der Waals surface area contributed by atoms with Crippen LogP contribution in [0, 0.1) is 0 Å². The van der Waals surface area contributed by atoms with Crippen LogP contribution in [-0.4, -0.2) is 41.6 Å². The standard InChI is InChI=1S/C16H25NO3/c1-16(12-19,17-14-6-7-14)9-11-20-15-5-3-2-4-13(15)8-10-18/h2-5,14,17-19H,6-12H2,1H3. The van der Waals surface area contributed by atoms with Gasteiger partial charge in [0.2, 0.25) is 0 Å². The van der Waals surface area contributed by atoms with E-state index in [1.54, 1.807) is 0 Å². The van der Waals surface area contributed by atoms with Gasteiger partial charge in [0.25, 0.3) is 0 Å². The number of hydrogen-bond donors (Lipinski definition) is 3. The van der Waals surface area contributed by atoms with E-state index in [2.05, 4.69) is 5.32 Å². The smallest absolute Gasteiger partial charge is 0.122 e. The summed E-state index contributed by atoms with van der Waals surface area (Å²) >= 11 is 0. The topological polar surface area (TPSA) is 61.7 Å². The highest BCUT2D eigenvalue weighted by molar-refractivity contribution is 5.33. The van der Waals surface area contributed by atoms with Crippen LogP contribution in [0.1, 0.15) is 31.7 Å². The highest BCUT2D eigenvalue weighted by atomic mass is 16.5. The van der Waals surface area contributed by atoms with E-state index in [4.69, 9.17) is 9.84 Å². The Kier molecular flexibility index (Phi) is 5.40. The molecule has 3 N–H and O–H groups in total. The number of hydrogen-bond acceptors (Lipinski definition) is 4. The highest BCUT2D eigenvalue weighted by Crippen LogP contribution is 2.24. The summed E-state index contributed by atoms with van der Waals surface area (Å²) in [5.74, 6) is 0.827. The zero-order valence-electron chi connectivity index (χ0n) is 12.1. The van der Waals surface area contributed by atoms with Crippen molar-refractivity contribution in [3.8, 4) is 5.75 Å². The number of aliphatic hydroxyl groups excluding tert-OH is 2. The Labute approximate surface area is 120 Å². The van der Waals surface area contributed by atoms with Gasteiger partial charge in [0.1, 0.15) is 5.75 Å². The highest BCUT2D eigenvalue weighted by Gasteiger charge is 2.31. The van der Waals surface area contributed by atoms with Crippen LogP contribution in [0.25, 0.3) is 0 Å². The fourth-order valence-corrected chi connectivity index (χ4v) is 2.28. The van der Waals surface area contributed by atoms with Gasteiger partial charge in [-0.15, -0.1) is 0 Å². The second-order valence-electron chi connectivity index (χ2n) is 5.82. The fourth-order valence-electron chi connectivity index (χ4n) is 2.28. The lowest BCUT2D eigenvalue weighted by Gasteiger charge is -2.29. The predicted molar refractivity (Wildman–Crippen MR) is 79.0 cm³/mol. The van der Waals surface area contributed by atoms with E-state index in [1.807, 2.05) is 31.2 Å². The number of aliphatic hydroxyl groups is 2. The number of ether oxygens (including phenoxy) is 1. The molecule has 20 heavy (non-hydrogen) atoms. The molecule has 1 aromatic rings. The van der Waals surface area contributed by atoms with Crippen molar-refractivity contribution < 1.29 is 14.9 Å². The molecule has 1 atom stereocenters. The van der Waals surface area contributed by atoms with Crippen molar-refractivity contribution in [3.63, 3.8) is 0 Å². The monoisotopic (exact) mass is 279 g/mol. The molecule has 0 aromatic heterocycles. The molecule has 4 heteroatoms. The quantitative estimate of drug-likeness (QED) is 0.641. The Balaban J connectivity index is 1.84.